The first-order valence-corrected chi connectivity index (χ1v) is 10.5. The lowest BCUT2D eigenvalue weighted by Crippen LogP contribution is -2.19. The number of halogens is 2. The van der Waals surface area contributed by atoms with Crippen LogP contribution in [0.2, 0.25) is 10.0 Å². The lowest BCUT2D eigenvalue weighted by molar-refractivity contribution is 0.102. The summed E-state index contributed by atoms with van der Waals surface area (Å²) in [5.41, 5.74) is 3.00. The summed E-state index contributed by atoms with van der Waals surface area (Å²) in [5, 5.41) is 4.09. The van der Waals surface area contributed by atoms with Crippen molar-refractivity contribution in [2.24, 2.45) is 7.05 Å². The average Bonchev–Trinajstić information content (AvgIpc) is 2.79. The summed E-state index contributed by atoms with van der Waals surface area (Å²) in [5.74, 6) is -0.318. The van der Waals surface area contributed by atoms with Gasteiger partial charge >= 0.3 is 0 Å². The number of amides is 1. The third-order valence-corrected chi connectivity index (χ3v) is 5.99. The van der Waals surface area contributed by atoms with Gasteiger partial charge in [-0.15, -0.1) is 0 Å². The Morgan fingerprint density at radius 1 is 1.06 bits per heavy atom. The number of carbonyl (C=O) groups is 1. The first kappa shape index (κ1) is 21.9. The Kier molecular flexibility index (Phi) is 5.91. The third kappa shape index (κ3) is 3.95. The van der Waals surface area contributed by atoms with Crippen molar-refractivity contribution < 1.29 is 4.79 Å². The van der Waals surface area contributed by atoms with Crippen LogP contribution in [0.3, 0.4) is 0 Å². The van der Waals surface area contributed by atoms with Crippen molar-refractivity contribution in [2.75, 3.05) is 24.3 Å². The molecule has 0 aliphatic rings. The highest BCUT2D eigenvalue weighted by Gasteiger charge is 2.19. The molecule has 32 heavy (non-hydrogen) atoms. The van der Waals surface area contributed by atoms with Crippen LogP contribution < -0.4 is 15.8 Å². The summed E-state index contributed by atoms with van der Waals surface area (Å²) in [7, 11) is 5.54. The van der Waals surface area contributed by atoms with E-state index >= 15 is 0 Å². The van der Waals surface area contributed by atoms with Gasteiger partial charge in [0.2, 0.25) is 0 Å². The zero-order chi connectivity index (χ0) is 23.0. The van der Waals surface area contributed by atoms with Gasteiger partial charge in [-0.3, -0.25) is 14.6 Å². The molecule has 0 fully saturated rings. The maximum Gasteiger partial charge on any atom is 0.258 e. The largest absolute Gasteiger partial charge is 0.378 e. The molecular formula is C24H20Cl2N4O2. The summed E-state index contributed by atoms with van der Waals surface area (Å²) in [4.78, 5) is 31.9. The molecule has 2 aromatic carbocycles. The SMILES string of the molecule is CN(C)c1ccc(C(=O)Nc2ccc(Cl)c(-c3cc4cnccc4n(C)c3=O)c2Cl)cc1. The number of anilines is 2. The summed E-state index contributed by atoms with van der Waals surface area (Å²) in [6, 6.07) is 13.9. The van der Waals surface area contributed by atoms with Crippen molar-refractivity contribution >= 4 is 51.4 Å². The van der Waals surface area contributed by atoms with Crippen LogP contribution in [-0.2, 0) is 7.05 Å². The van der Waals surface area contributed by atoms with Gasteiger partial charge in [0.25, 0.3) is 11.5 Å². The molecule has 0 bridgehead atoms. The molecule has 0 saturated heterocycles. The van der Waals surface area contributed by atoms with Crippen LogP contribution in [-0.4, -0.2) is 29.6 Å². The normalized spacial score (nSPS) is 10.9. The molecule has 2 aromatic heterocycles. The second-order valence-electron chi connectivity index (χ2n) is 7.54. The van der Waals surface area contributed by atoms with Crippen molar-refractivity contribution in [1.29, 1.82) is 0 Å². The number of nitrogens with zero attached hydrogens (tertiary/aromatic N) is 3. The molecule has 0 unspecified atom stereocenters. The van der Waals surface area contributed by atoms with Crippen LogP contribution in [0.15, 0.2) is 65.7 Å². The van der Waals surface area contributed by atoms with E-state index in [1.165, 1.54) is 4.57 Å². The van der Waals surface area contributed by atoms with E-state index in [2.05, 4.69) is 10.3 Å². The molecule has 8 heteroatoms. The maximum absolute atomic E-state index is 13.1. The van der Waals surface area contributed by atoms with Crippen molar-refractivity contribution in [3.63, 3.8) is 0 Å². The smallest absolute Gasteiger partial charge is 0.258 e. The number of nitrogens with one attached hydrogen (secondary N) is 1. The highest BCUT2D eigenvalue weighted by Crippen LogP contribution is 2.39. The second-order valence-corrected chi connectivity index (χ2v) is 8.32. The number of hydrogen-bond acceptors (Lipinski definition) is 4. The Morgan fingerprint density at radius 3 is 2.47 bits per heavy atom. The van der Waals surface area contributed by atoms with Gasteiger partial charge in [-0.25, -0.2) is 0 Å². The Hall–Kier alpha value is -3.35. The third-order valence-electron chi connectivity index (χ3n) is 5.28. The molecule has 0 radical (unpaired) electrons. The number of fused-ring (bicyclic) bond motifs is 1. The van der Waals surface area contributed by atoms with Crippen molar-refractivity contribution in [3.05, 3.63) is 86.9 Å². The monoisotopic (exact) mass is 466 g/mol. The van der Waals surface area contributed by atoms with Crippen LogP contribution in [0.25, 0.3) is 22.0 Å². The zero-order valence-corrected chi connectivity index (χ0v) is 19.2. The standard InChI is InChI=1S/C24H20Cl2N4O2/c1-29(2)16-6-4-14(5-7-16)23(31)28-19-9-8-18(25)21(22(19)26)17-12-15-13-27-11-10-20(15)30(3)24(17)32/h4-13H,1-3H3,(H,28,31). The van der Waals surface area contributed by atoms with E-state index in [1.54, 1.807) is 55.8 Å². The van der Waals surface area contributed by atoms with E-state index in [4.69, 9.17) is 23.2 Å². The van der Waals surface area contributed by atoms with Gasteiger partial charge in [0.05, 0.1) is 26.8 Å². The number of aromatic nitrogens is 2. The minimum atomic E-state index is -0.318. The fourth-order valence-electron chi connectivity index (χ4n) is 3.50. The highest BCUT2D eigenvalue weighted by molar-refractivity contribution is 6.41. The molecule has 0 aliphatic heterocycles. The molecule has 0 atom stereocenters. The molecule has 4 aromatic rings. The van der Waals surface area contributed by atoms with E-state index in [0.717, 1.165) is 16.6 Å². The minimum absolute atomic E-state index is 0.191. The van der Waals surface area contributed by atoms with Gasteiger partial charge in [-0.2, -0.15) is 0 Å². The Bertz CT molecular complexity index is 1400. The zero-order valence-electron chi connectivity index (χ0n) is 17.7. The molecule has 0 spiro atoms. The quantitative estimate of drug-likeness (QED) is 0.447. The molecule has 6 nitrogen and oxygen atoms in total. The molecule has 2 heterocycles. The van der Waals surface area contributed by atoms with Crippen LogP contribution >= 0.6 is 23.2 Å². The Morgan fingerprint density at radius 2 is 1.78 bits per heavy atom. The Labute approximate surface area is 195 Å². The van der Waals surface area contributed by atoms with Crippen LogP contribution in [0.1, 0.15) is 10.4 Å². The van der Waals surface area contributed by atoms with Crippen molar-refractivity contribution in [1.82, 2.24) is 9.55 Å². The number of benzene rings is 2. The maximum atomic E-state index is 13.1. The predicted molar refractivity (Wildman–Crippen MR) is 131 cm³/mol. The molecule has 1 N–H and O–H groups in total. The van der Waals surface area contributed by atoms with E-state index in [-0.39, 0.29) is 16.5 Å². The van der Waals surface area contributed by atoms with E-state index < -0.39 is 0 Å². The summed E-state index contributed by atoms with van der Waals surface area (Å²) < 4.78 is 1.52. The van der Waals surface area contributed by atoms with Gasteiger partial charge in [0.15, 0.2) is 0 Å². The van der Waals surface area contributed by atoms with Gasteiger partial charge in [-0.1, -0.05) is 23.2 Å². The van der Waals surface area contributed by atoms with Gasteiger partial charge in [0.1, 0.15) is 0 Å². The fourth-order valence-corrected chi connectivity index (χ4v) is 4.13. The fraction of sp³-hybridized carbons (Fsp3) is 0.125. The van der Waals surface area contributed by atoms with Crippen LogP contribution in [0, 0.1) is 0 Å². The lowest BCUT2D eigenvalue weighted by atomic mass is 10.0. The van der Waals surface area contributed by atoms with E-state index in [1.807, 2.05) is 31.1 Å². The Balaban J connectivity index is 1.76. The minimum Gasteiger partial charge on any atom is -0.378 e. The van der Waals surface area contributed by atoms with Crippen molar-refractivity contribution in [2.45, 2.75) is 0 Å². The number of aryl methyl sites for hydroxylation is 1. The molecule has 1 amide bonds. The van der Waals surface area contributed by atoms with Crippen molar-refractivity contribution in [3.8, 4) is 11.1 Å². The second kappa shape index (κ2) is 8.65. The van der Waals surface area contributed by atoms with E-state index in [9.17, 15) is 9.59 Å². The van der Waals surface area contributed by atoms with Gasteiger partial charge in [-0.05, 0) is 48.5 Å². The molecule has 4 rings (SSSR count). The number of hydrogen-bond donors (Lipinski definition) is 1. The first-order valence-electron chi connectivity index (χ1n) is 9.79. The van der Waals surface area contributed by atoms with Gasteiger partial charge in [0, 0.05) is 55.7 Å². The molecule has 0 aliphatic carbocycles. The predicted octanol–water partition coefficient (Wildman–Crippen LogP) is 5.23. The van der Waals surface area contributed by atoms with Crippen LogP contribution in [0.4, 0.5) is 11.4 Å². The summed E-state index contributed by atoms with van der Waals surface area (Å²) in [6.07, 6.45) is 3.30. The first-order chi connectivity index (χ1) is 15.3. The number of rotatable bonds is 4. The lowest BCUT2D eigenvalue weighted by Gasteiger charge is -2.15. The van der Waals surface area contributed by atoms with Gasteiger partial charge < -0.3 is 14.8 Å². The molecule has 162 valence electrons. The average molecular weight is 467 g/mol. The number of pyridine rings is 2. The number of carbonyl (C=O) groups excluding carboxylic acids is 1. The molecule has 0 saturated carbocycles. The summed E-state index contributed by atoms with van der Waals surface area (Å²) in [6.45, 7) is 0. The highest BCUT2D eigenvalue weighted by atomic mass is 35.5. The summed E-state index contributed by atoms with van der Waals surface area (Å²) >= 11 is 13.1. The van der Waals surface area contributed by atoms with E-state index in [0.29, 0.717) is 27.4 Å². The topological polar surface area (TPSA) is 67.2 Å². The molecular weight excluding hydrogens is 447 g/mol. The van der Waals surface area contributed by atoms with Crippen LogP contribution in [0.5, 0.6) is 0 Å².